The van der Waals surface area contributed by atoms with Crippen molar-refractivity contribution in [2.45, 2.75) is 82.2 Å². The van der Waals surface area contributed by atoms with Crippen LogP contribution in [0.5, 0.6) is 0 Å². The van der Waals surface area contributed by atoms with E-state index >= 15 is 0 Å². The minimum atomic E-state index is 0.360. The van der Waals surface area contributed by atoms with Crippen LogP contribution in [0.2, 0.25) is 0 Å². The van der Waals surface area contributed by atoms with Crippen LogP contribution in [0.25, 0.3) is 0 Å². The van der Waals surface area contributed by atoms with Crippen molar-refractivity contribution < 1.29 is 4.58 Å². The molecule has 0 aromatic carbocycles. The number of rotatable bonds is 2. The summed E-state index contributed by atoms with van der Waals surface area (Å²) in [4.78, 5) is 0. The maximum absolute atomic E-state index is 7.91. The molecule has 5 rings (SSSR count). The summed E-state index contributed by atoms with van der Waals surface area (Å²) < 4.78 is 2.44. The molecule has 19 heavy (non-hydrogen) atoms. The van der Waals surface area contributed by atoms with Crippen LogP contribution >= 0.6 is 0 Å². The highest BCUT2D eigenvalue weighted by atomic mass is 15.1. The smallest absolute Gasteiger partial charge is 0.212 e. The highest BCUT2D eigenvalue weighted by Gasteiger charge is 2.56. The third-order valence-corrected chi connectivity index (χ3v) is 6.58. The van der Waals surface area contributed by atoms with E-state index in [-0.39, 0.29) is 0 Å². The van der Waals surface area contributed by atoms with Gasteiger partial charge in [-0.25, -0.2) is 4.58 Å². The maximum Gasteiger partial charge on any atom is 0.304 e. The predicted octanol–water partition coefficient (Wildman–Crippen LogP) is 4.05. The van der Waals surface area contributed by atoms with E-state index < -0.39 is 0 Å². The molecule has 0 aromatic rings. The molecular weight excluding hydrogens is 232 g/mol. The second kappa shape index (κ2) is 4.45. The Morgan fingerprint density at radius 1 is 0.842 bits per heavy atom. The molecule has 5 aliphatic rings. The van der Waals surface area contributed by atoms with E-state index in [2.05, 4.69) is 10.6 Å². The lowest BCUT2D eigenvalue weighted by molar-refractivity contribution is -0.653. The minimum Gasteiger partial charge on any atom is -0.212 e. The Balaban J connectivity index is 1.64. The average Bonchev–Trinajstić information content (AvgIpc) is 2.38. The Morgan fingerprint density at radius 3 is 1.84 bits per heavy atom. The van der Waals surface area contributed by atoms with Gasteiger partial charge in [0.25, 0.3) is 0 Å². The van der Waals surface area contributed by atoms with E-state index in [0.717, 1.165) is 17.8 Å². The molecule has 0 amide bonds. The summed E-state index contributed by atoms with van der Waals surface area (Å²) in [5, 5.41) is 7.91. The Bertz CT molecular complexity index is 378. The Labute approximate surface area is 116 Å². The minimum absolute atomic E-state index is 0.360. The third-order valence-electron chi connectivity index (χ3n) is 6.58. The summed E-state index contributed by atoms with van der Waals surface area (Å²) in [6.07, 6.45) is 15.4. The van der Waals surface area contributed by atoms with Crippen LogP contribution in [0.3, 0.4) is 0 Å². The van der Waals surface area contributed by atoms with Crippen LogP contribution in [0.1, 0.15) is 70.6 Å². The fourth-order valence-corrected chi connectivity index (χ4v) is 6.30. The van der Waals surface area contributed by atoms with E-state index in [4.69, 9.17) is 5.41 Å². The zero-order valence-corrected chi connectivity index (χ0v) is 12.0. The Hall–Kier alpha value is -0.620. The van der Waals surface area contributed by atoms with Crippen LogP contribution < -0.4 is 0 Å². The summed E-state index contributed by atoms with van der Waals surface area (Å²) in [5.41, 5.74) is 0.360. The molecule has 104 valence electrons. The number of nitrogens with one attached hydrogen (secondary N) is 1. The number of hydrogen-bond acceptors (Lipinski definition) is 1. The number of nitrogens with zero attached hydrogens (tertiary/aromatic N) is 1. The largest absolute Gasteiger partial charge is 0.304 e. The Kier molecular flexibility index (Phi) is 2.84. The van der Waals surface area contributed by atoms with Gasteiger partial charge in [0.05, 0.1) is 0 Å². The second-order valence-electron chi connectivity index (χ2n) is 7.92. The molecule has 0 radical (unpaired) electrons. The van der Waals surface area contributed by atoms with Crippen LogP contribution in [0, 0.1) is 23.2 Å². The van der Waals surface area contributed by atoms with Gasteiger partial charge in [0.2, 0.25) is 0 Å². The highest BCUT2D eigenvalue weighted by molar-refractivity contribution is 5.29. The standard InChI is InChI=1S/C17H27N2/c18-12-19(16-4-2-1-3-5-16)17-9-13-6-14(10-17)8-15(7-13)11-17/h13-16,18H,1-11H2/q+1. The topological polar surface area (TPSA) is 26.9 Å². The van der Waals surface area contributed by atoms with E-state index in [0.29, 0.717) is 11.6 Å². The molecular formula is C17H27N2+. The summed E-state index contributed by atoms with van der Waals surface area (Å²) >= 11 is 0. The molecule has 2 nitrogen and oxygen atoms in total. The van der Waals surface area contributed by atoms with E-state index in [1.165, 1.54) is 70.6 Å². The van der Waals surface area contributed by atoms with Crippen molar-refractivity contribution in [1.29, 1.82) is 5.41 Å². The molecule has 1 N–H and O–H groups in total. The lowest BCUT2D eigenvalue weighted by Crippen LogP contribution is -2.58. The van der Waals surface area contributed by atoms with Crippen LogP contribution in [-0.2, 0) is 0 Å². The molecule has 0 unspecified atom stereocenters. The second-order valence-corrected chi connectivity index (χ2v) is 7.92. The van der Waals surface area contributed by atoms with Crippen molar-refractivity contribution in [3.05, 3.63) is 0 Å². The van der Waals surface area contributed by atoms with Gasteiger partial charge in [0.15, 0.2) is 0 Å². The fraction of sp³-hybridized carbons (Fsp3) is 0.941. The lowest BCUT2D eigenvalue weighted by Gasteiger charge is -2.56. The first-order valence-electron chi connectivity index (χ1n) is 8.51. The molecule has 5 saturated carbocycles. The average molecular weight is 259 g/mol. The molecule has 5 aliphatic carbocycles. The van der Waals surface area contributed by atoms with Gasteiger partial charge in [-0.05, 0) is 82.0 Å². The Morgan fingerprint density at radius 2 is 1.37 bits per heavy atom. The van der Waals surface area contributed by atoms with Crippen molar-refractivity contribution in [3.8, 4) is 0 Å². The molecule has 0 atom stereocenters. The molecule has 0 spiro atoms. The van der Waals surface area contributed by atoms with Crippen molar-refractivity contribution in [2.75, 3.05) is 0 Å². The van der Waals surface area contributed by atoms with Gasteiger partial charge >= 0.3 is 6.01 Å². The molecule has 5 fully saturated rings. The van der Waals surface area contributed by atoms with Crippen molar-refractivity contribution in [2.24, 2.45) is 17.8 Å². The van der Waals surface area contributed by atoms with Gasteiger partial charge in [-0.3, -0.25) is 0 Å². The first-order chi connectivity index (χ1) is 9.29. The SMILES string of the molecule is N=C=[N+](C1CCCCC1)C12CC3CC(CC(C3)C1)C2. The van der Waals surface area contributed by atoms with Crippen LogP contribution in [-0.4, -0.2) is 22.2 Å². The van der Waals surface area contributed by atoms with Gasteiger partial charge in [0.1, 0.15) is 11.6 Å². The number of hydrogen-bond donors (Lipinski definition) is 1. The monoisotopic (exact) mass is 259 g/mol. The summed E-state index contributed by atoms with van der Waals surface area (Å²) in [7, 11) is 0. The van der Waals surface area contributed by atoms with Gasteiger partial charge in [-0.2, -0.15) is 0 Å². The van der Waals surface area contributed by atoms with Crippen molar-refractivity contribution >= 4 is 6.01 Å². The van der Waals surface area contributed by atoms with Crippen molar-refractivity contribution in [1.82, 2.24) is 0 Å². The molecule has 0 saturated heterocycles. The normalized spacial score (nSPS) is 45.2. The summed E-state index contributed by atoms with van der Waals surface area (Å²) in [5.74, 6) is 2.93. The zero-order chi connectivity index (χ0) is 12.9. The van der Waals surface area contributed by atoms with Gasteiger partial charge in [0, 0.05) is 0 Å². The third kappa shape index (κ3) is 1.91. The fourth-order valence-electron chi connectivity index (χ4n) is 6.30. The maximum atomic E-state index is 7.91. The predicted molar refractivity (Wildman–Crippen MR) is 75.8 cm³/mol. The molecule has 0 aromatic heterocycles. The molecule has 0 aliphatic heterocycles. The first kappa shape index (κ1) is 12.1. The molecule has 4 bridgehead atoms. The van der Waals surface area contributed by atoms with Crippen LogP contribution in [0.15, 0.2) is 0 Å². The van der Waals surface area contributed by atoms with E-state index in [9.17, 15) is 0 Å². The van der Waals surface area contributed by atoms with Crippen molar-refractivity contribution in [3.63, 3.8) is 0 Å². The molecule has 2 heteroatoms. The summed E-state index contributed by atoms with van der Waals surface area (Å²) in [6.45, 7) is 0. The van der Waals surface area contributed by atoms with E-state index in [1.807, 2.05) is 0 Å². The van der Waals surface area contributed by atoms with Crippen LogP contribution in [0.4, 0.5) is 0 Å². The summed E-state index contributed by atoms with van der Waals surface area (Å²) in [6, 6.07) is 3.55. The highest BCUT2D eigenvalue weighted by Crippen LogP contribution is 2.57. The van der Waals surface area contributed by atoms with Gasteiger partial charge in [-0.15, -0.1) is 0 Å². The quantitative estimate of drug-likeness (QED) is 0.572. The lowest BCUT2D eigenvalue weighted by atomic mass is 9.52. The van der Waals surface area contributed by atoms with E-state index in [1.54, 1.807) is 0 Å². The van der Waals surface area contributed by atoms with Gasteiger partial charge < -0.3 is 0 Å². The first-order valence-corrected chi connectivity index (χ1v) is 8.51. The molecule has 0 heterocycles. The van der Waals surface area contributed by atoms with Gasteiger partial charge in [-0.1, -0.05) is 11.8 Å². The zero-order valence-electron chi connectivity index (χ0n) is 12.0.